The van der Waals surface area contributed by atoms with Crippen molar-refractivity contribution >= 4 is 33.3 Å². The fraction of sp³-hybridized carbons (Fsp3) is 0.286. The first kappa shape index (κ1) is 14.5. The van der Waals surface area contributed by atoms with Crippen LogP contribution in [0.25, 0.3) is 10.2 Å². The average molecular weight is 317 g/mol. The largest absolute Gasteiger partial charge is 0.339 e. The SMILES string of the molecule is Cc1noc(CCNC(=O)Nc2ccc3nc(C)sc3c2)n1. The van der Waals surface area contributed by atoms with Gasteiger partial charge in [-0.2, -0.15) is 4.98 Å². The summed E-state index contributed by atoms with van der Waals surface area (Å²) in [7, 11) is 0. The van der Waals surface area contributed by atoms with Crippen LogP contribution in [-0.2, 0) is 6.42 Å². The Morgan fingerprint density at radius 3 is 2.95 bits per heavy atom. The lowest BCUT2D eigenvalue weighted by Gasteiger charge is -2.06. The summed E-state index contributed by atoms with van der Waals surface area (Å²) in [4.78, 5) is 20.3. The van der Waals surface area contributed by atoms with E-state index in [9.17, 15) is 4.79 Å². The molecule has 7 nitrogen and oxygen atoms in total. The van der Waals surface area contributed by atoms with Gasteiger partial charge >= 0.3 is 6.03 Å². The summed E-state index contributed by atoms with van der Waals surface area (Å²) >= 11 is 1.60. The zero-order valence-corrected chi connectivity index (χ0v) is 13.0. The third-order valence-corrected chi connectivity index (χ3v) is 3.88. The minimum absolute atomic E-state index is 0.267. The highest BCUT2D eigenvalue weighted by Crippen LogP contribution is 2.24. The number of aryl methyl sites for hydroxylation is 2. The molecule has 0 aliphatic heterocycles. The normalized spacial score (nSPS) is 10.8. The molecule has 1 aromatic carbocycles. The van der Waals surface area contributed by atoms with Crippen LogP contribution >= 0.6 is 11.3 Å². The summed E-state index contributed by atoms with van der Waals surface area (Å²) in [5.41, 5.74) is 1.68. The molecule has 0 aliphatic carbocycles. The monoisotopic (exact) mass is 317 g/mol. The summed E-state index contributed by atoms with van der Waals surface area (Å²) in [6.45, 7) is 4.14. The lowest BCUT2D eigenvalue weighted by molar-refractivity contribution is 0.252. The van der Waals surface area contributed by atoms with Crippen molar-refractivity contribution in [2.75, 3.05) is 11.9 Å². The van der Waals surface area contributed by atoms with Crippen LogP contribution < -0.4 is 10.6 Å². The van der Waals surface area contributed by atoms with Crippen molar-refractivity contribution in [2.45, 2.75) is 20.3 Å². The number of carbonyl (C=O) groups is 1. The molecule has 3 rings (SSSR count). The van der Waals surface area contributed by atoms with Crippen molar-refractivity contribution in [1.82, 2.24) is 20.4 Å². The van der Waals surface area contributed by atoms with Gasteiger partial charge in [-0.1, -0.05) is 5.16 Å². The first-order valence-corrected chi connectivity index (χ1v) is 7.63. The average Bonchev–Trinajstić information content (AvgIpc) is 3.03. The fourth-order valence-corrected chi connectivity index (χ4v) is 2.88. The number of fused-ring (bicyclic) bond motifs is 1. The number of aromatic nitrogens is 3. The van der Waals surface area contributed by atoms with E-state index in [1.165, 1.54) is 0 Å². The standard InChI is InChI=1S/C14H15N5O2S/c1-8-16-13(21-19-8)5-6-15-14(20)18-10-3-4-11-12(7-10)22-9(2)17-11/h3-4,7H,5-6H2,1-2H3,(H2,15,18,20). The molecule has 8 heteroatoms. The molecule has 0 radical (unpaired) electrons. The summed E-state index contributed by atoms with van der Waals surface area (Å²) < 4.78 is 6.03. The van der Waals surface area contributed by atoms with Crippen molar-refractivity contribution in [3.8, 4) is 0 Å². The lowest BCUT2D eigenvalue weighted by Crippen LogP contribution is -2.30. The van der Waals surface area contributed by atoms with E-state index in [4.69, 9.17) is 4.52 Å². The van der Waals surface area contributed by atoms with E-state index in [0.717, 1.165) is 20.9 Å². The second kappa shape index (κ2) is 6.10. The molecule has 0 unspecified atom stereocenters. The molecule has 22 heavy (non-hydrogen) atoms. The lowest BCUT2D eigenvalue weighted by atomic mass is 10.3. The molecular weight excluding hydrogens is 302 g/mol. The number of benzene rings is 1. The van der Waals surface area contributed by atoms with E-state index in [1.807, 2.05) is 25.1 Å². The fourth-order valence-electron chi connectivity index (χ4n) is 2.02. The smallest absolute Gasteiger partial charge is 0.319 e. The highest BCUT2D eigenvalue weighted by molar-refractivity contribution is 7.18. The topological polar surface area (TPSA) is 92.9 Å². The third-order valence-electron chi connectivity index (χ3n) is 2.95. The third kappa shape index (κ3) is 3.40. The number of nitrogens with zero attached hydrogens (tertiary/aromatic N) is 3. The van der Waals surface area contributed by atoms with Crippen molar-refractivity contribution in [3.05, 3.63) is 34.9 Å². The van der Waals surface area contributed by atoms with Crippen LogP contribution in [0.2, 0.25) is 0 Å². The predicted octanol–water partition coefficient (Wildman–Crippen LogP) is 2.66. The molecule has 0 atom stereocenters. The van der Waals surface area contributed by atoms with Crippen LogP contribution in [0.3, 0.4) is 0 Å². The number of rotatable bonds is 4. The second-order valence-corrected chi connectivity index (χ2v) is 6.02. The summed E-state index contributed by atoms with van der Waals surface area (Å²) in [5.74, 6) is 1.10. The maximum Gasteiger partial charge on any atom is 0.319 e. The van der Waals surface area contributed by atoms with Gasteiger partial charge < -0.3 is 15.2 Å². The Labute approximate surface area is 130 Å². The second-order valence-electron chi connectivity index (χ2n) is 4.78. The predicted molar refractivity (Wildman–Crippen MR) is 84.1 cm³/mol. The van der Waals surface area contributed by atoms with Crippen LogP contribution in [0, 0.1) is 13.8 Å². The van der Waals surface area contributed by atoms with Crippen LogP contribution in [0.5, 0.6) is 0 Å². The van der Waals surface area contributed by atoms with Crippen molar-refractivity contribution in [1.29, 1.82) is 0 Å². The van der Waals surface area contributed by atoms with Gasteiger partial charge in [0.25, 0.3) is 0 Å². The van der Waals surface area contributed by atoms with Gasteiger partial charge in [0.15, 0.2) is 5.82 Å². The molecular formula is C14H15N5O2S. The van der Waals surface area contributed by atoms with Crippen LogP contribution in [0.4, 0.5) is 10.5 Å². The minimum atomic E-state index is -0.267. The van der Waals surface area contributed by atoms with Gasteiger partial charge in [-0.05, 0) is 32.0 Å². The maximum absolute atomic E-state index is 11.8. The van der Waals surface area contributed by atoms with E-state index in [0.29, 0.717) is 24.7 Å². The van der Waals surface area contributed by atoms with Gasteiger partial charge in [0.1, 0.15) is 0 Å². The highest BCUT2D eigenvalue weighted by Gasteiger charge is 2.06. The Morgan fingerprint density at radius 2 is 2.18 bits per heavy atom. The molecule has 0 spiro atoms. The molecule has 2 aromatic heterocycles. The number of carbonyl (C=O) groups excluding carboxylic acids is 1. The van der Waals surface area contributed by atoms with Crippen molar-refractivity contribution < 1.29 is 9.32 Å². The maximum atomic E-state index is 11.8. The van der Waals surface area contributed by atoms with E-state index in [1.54, 1.807) is 18.3 Å². The molecule has 2 N–H and O–H groups in total. The van der Waals surface area contributed by atoms with Gasteiger partial charge in [-0.3, -0.25) is 0 Å². The van der Waals surface area contributed by atoms with E-state index in [2.05, 4.69) is 25.8 Å². The van der Waals surface area contributed by atoms with Gasteiger partial charge in [0.2, 0.25) is 5.89 Å². The zero-order chi connectivity index (χ0) is 15.5. The Bertz CT molecular complexity index is 811. The number of thiazole rings is 1. The Balaban J connectivity index is 1.53. The van der Waals surface area contributed by atoms with Crippen molar-refractivity contribution in [2.24, 2.45) is 0 Å². The number of anilines is 1. The molecule has 0 fully saturated rings. The van der Waals surface area contributed by atoms with Crippen LogP contribution in [0.15, 0.2) is 22.7 Å². The first-order valence-electron chi connectivity index (χ1n) is 6.81. The number of nitrogens with one attached hydrogen (secondary N) is 2. The van der Waals surface area contributed by atoms with Crippen molar-refractivity contribution in [3.63, 3.8) is 0 Å². The number of amides is 2. The van der Waals surface area contributed by atoms with Gasteiger partial charge in [0, 0.05) is 18.7 Å². The molecule has 0 aliphatic rings. The molecule has 114 valence electrons. The first-order chi connectivity index (χ1) is 10.6. The van der Waals surface area contributed by atoms with Gasteiger partial charge in [-0.15, -0.1) is 11.3 Å². The highest BCUT2D eigenvalue weighted by atomic mass is 32.1. The molecule has 2 heterocycles. The zero-order valence-electron chi connectivity index (χ0n) is 12.2. The Hall–Kier alpha value is -2.48. The summed E-state index contributed by atoms with van der Waals surface area (Å²) in [5, 5.41) is 10.2. The summed E-state index contributed by atoms with van der Waals surface area (Å²) in [6, 6.07) is 5.39. The van der Waals surface area contributed by atoms with Crippen LogP contribution in [-0.4, -0.2) is 27.7 Å². The quantitative estimate of drug-likeness (QED) is 0.771. The molecule has 0 bridgehead atoms. The Morgan fingerprint density at radius 1 is 1.32 bits per heavy atom. The molecule has 0 saturated carbocycles. The Kier molecular flexibility index (Phi) is 4.01. The summed E-state index contributed by atoms with van der Waals surface area (Å²) in [6.07, 6.45) is 0.501. The number of hydrogen-bond donors (Lipinski definition) is 2. The van der Waals surface area contributed by atoms with Gasteiger partial charge in [0.05, 0.1) is 15.2 Å². The molecule has 3 aromatic rings. The molecule has 2 amide bonds. The minimum Gasteiger partial charge on any atom is -0.339 e. The van der Waals surface area contributed by atoms with E-state index in [-0.39, 0.29) is 6.03 Å². The van der Waals surface area contributed by atoms with E-state index >= 15 is 0 Å². The molecule has 0 saturated heterocycles. The number of urea groups is 1. The number of hydrogen-bond acceptors (Lipinski definition) is 6. The van der Waals surface area contributed by atoms with Gasteiger partial charge in [-0.25, -0.2) is 9.78 Å². The van der Waals surface area contributed by atoms with Crippen LogP contribution in [0.1, 0.15) is 16.7 Å². The van der Waals surface area contributed by atoms with E-state index < -0.39 is 0 Å².